The zero-order valence-corrected chi connectivity index (χ0v) is 11.9. The maximum absolute atomic E-state index is 11.2. The standard InChI is InChI=1S/C9H15BrN4OS/c1-6(16(3)15)4-12-8-7(10)5-13-9(11-2)14-8/h5-6H,4H2,1-3H3,(H2,11,12,13,14). The molecule has 2 atom stereocenters. The number of halogens is 1. The number of nitrogens with one attached hydrogen (secondary N) is 2. The van der Waals surface area contributed by atoms with Crippen molar-refractivity contribution in [2.45, 2.75) is 12.2 Å². The molecule has 0 bridgehead atoms. The van der Waals surface area contributed by atoms with Gasteiger partial charge in [-0.15, -0.1) is 0 Å². The molecule has 7 heteroatoms. The Hall–Kier alpha value is -0.690. The molecule has 1 heterocycles. The van der Waals surface area contributed by atoms with Crippen LogP contribution in [0, 0.1) is 0 Å². The van der Waals surface area contributed by atoms with Crippen LogP contribution in [0.15, 0.2) is 10.7 Å². The average Bonchev–Trinajstić information content (AvgIpc) is 2.27. The lowest BCUT2D eigenvalue weighted by molar-refractivity contribution is 0.678. The molecule has 1 aromatic heterocycles. The smallest absolute Gasteiger partial charge is 0.224 e. The van der Waals surface area contributed by atoms with Crippen molar-refractivity contribution in [1.29, 1.82) is 0 Å². The number of rotatable bonds is 5. The lowest BCUT2D eigenvalue weighted by Gasteiger charge is -2.12. The first-order valence-electron chi connectivity index (χ1n) is 4.81. The van der Waals surface area contributed by atoms with E-state index in [0.717, 1.165) is 4.47 Å². The van der Waals surface area contributed by atoms with E-state index in [1.807, 2.05) is 6.92 Å². The van der Waals surface area contributed by atoms with Gasteiger partial charge >= 0.3 is 0 Å². The first kappa shape index (κ1) is 13.4. The summed E-state index contributed by atoms with van der Waals surface area (Å²) in [5, 5.41) is 6.08. The van der Waals surface area contributed by atoms with Gasteiger partial charge in [0.1, 0.15) is 5.82 Å². The third-order valence-corrected chi connectivity index (χ3v) is 3.97. The highest BCUT2D eigenvalue weighted by atomic mass is 79.9. The van der Waals surface area contributed by atoms with E-state index in [1.54, 1.807) is 19.5 Å². The number of aromatic nitrogens is 2. The molecule has 0 amide bonds. The topological polar surface area (TPSA) is 66.9 Å². The van der Waals surface area contributed by atoms with Crippen LogP contribution < -0.4 is 10.6 Å². The Bertz CT molecular complexity index is 388. The van der Waals surface area contributed by atoms with Gasteiger partial charge in [0.15, 0.2) is 0 Å². The lowest BCUT2D eigenvalue weighted by atomic mass is 10.4. The van der Waals surface area contributed by atoms with E-state index < -0.39 is 10.8 Å². The van der Waals surface area contributed by atoms with Crippen LogP contribution in [-0.2, 0) is 10.8 Å². The molecule has 0 aliphatic heterocycles. The Balaban J connectivity index is 2.69. The van der Waals surface area contributed by atoms with Crippen LogP contribution in [0.4, 0.5) is 11.8 Å². The maximum atomic E-state index is 11.2. The van der Waals surface area contributed by atoms with Gasteiger partial charge in [0.25, 0.3) is 0 Å². The lowest BCUT2D eigenvalue weighted by Crippen LogP contribution is -2.21. The Morgan fingerprint density at radius 2 is 2.31 bits per heavy atom. The van der Waals surface area contributed by atoms with Gasteiger partial charge < -0.3 is 10.6 Å². The summed E-state index contributed by atoms with van der Waals surface area (Å²) in [4.78, 5) is 8.29. The third kappa shape index (κ3) is 3.71. The summed E-state index contributed by atoms with van der Waals surface area (Å²) in [7, 11) is 0.926. The Kier molecular flexibility index (Phi) is 5.14. The van der Waals surface area contributed by atoms with Crippen LogP contribution in [0.25, 0.3) is 0 Å². The van der Waals surface area contributed by atoms with Crippen LogP contribution >= 0.6 is 15.9 Å². The van der Waals surface area contributed by atoms with Gasteiger partial charge in [-0.25, -0.2) is 4.98 Å². The van der Waals surface area contributed by atoms with E-state index in [2.05, 4.69) is 36.5 Å². The van der Waals surface area contributed by atoms with Crippen LogP contribution in [0.3, 0.4) is 0 Å². The second kappa shape index (κ2) is 6.15. The molecule has 0 fully saturated rings. The number of hydrogen-bond acceptors (Lipinski definition) is 5. The highest BCUT2D eigenvalue weighted by molar-refractivity contribution is 9.10. The van der Waals surface area contributed by atoms with Gasteiger partial charge in [-0.3, -0.25) is 4.21 Å². The molecule has 2 N–H and O–H groups in total. The van der Waals surface area contributed by atoms with Gasteiger partial charge in [0.2, 0.25) is 5.95 Å². The van der Waals surface area contributed by atoms with Crippen molar-refractivity contribution in [2.75, 3.05) is 30.5 Å². The molecule has 0 aromatic carbocycles. The van der Waals surface area contributed by atoms with Crippen molar-refractivity contribution >= 4 is 38.5 Å². The molecule has 16 heavy (non-hydrogen) atoms. The van der Waals surface area contributed by atoms with Crippen molar-refractivity contribution < 1.29 is 4.21 Å². The van der Waals surface area contributed by atoms with Crippen LogP contribution in [0.5, 0.6) is 0 Å². The molecule has 0 aliphatic rings. The average molecular weight is 307 g/mol. The minimum atomic E-state index is -0.835. The van der Waals surface area contributed by atoms with Gasteiger partial charge in [0.05, 0.1) is 4.47 Å². The minimum absolute atomic E-state index is 0.0832. The fourth-order valence-electron chi connectivity index (χ4n) is 0.969. The van der Waals surface area contributed by atoms with Crippen LogP contribution in [0.2, 0.25) is 0 Å². The molecule has 0 aliphatic carbocycles. The second-order valence-corrected chi connectivity index (χ2v) is 5.99. The summed E-state index contributed by atoms with van der Waals surface area (Å²) in [5.74, 6) is 1.26. The van der Waals surface area contributed by atoms with E-state index in [4.69, 9.17) is 0 Å². The number of nitrogens with zero attached hydrogens (tertiary/aromatic N) is 2. The molecule has 0 saturated carbocycles. The maximum Gasteiger partial charge on any atom is 0.224 e. The largest absolute Gasteiger partial charge is 0.368 e. The highest BCUT2D eigenvalue weighted by Gasteiger charge is 2.08. The number of hydrogen-bond donors (Lipinski definition) is 2. The van der Waals surface area contributed by atoms with Crippen molar-refractivity contribution in [1.82, 2.24) is 9.97 Å². The normalized spacial score (nSPS) is 14.2. The first-order valence-corrected chi connectivity index (χ1v) is 7.22. The van der Waals surface area contributed by atoms with Crippen LogP contribution in [0.1, 0.15) is 6.92 Å². The van der Waals surface area contributed by atoms with E-state index in [1.165, 1.54) is 0 Å². The Labute approximate surface area is 106 Å². The summed E-state index contributed by atoms with van der Waals surface area (Å²) in [5.41, 5.74) is 0. The molecule has 90 valence electrons. The Morgan fingerprint density at radius 3 is 2.88 bits per heavy atom. The molecule has 1 aromatic rings. The summed E-state index contributed by atoms with van der Waals surface area (Å²) in [6.07, 6.45) is 3.37. The van der Waals surface area contributed by atoms with Gasteiger partial charge in [0, 0.05) is 42.1 Å². The van der Waals surface area contributed by atoms with Crippen molar-refractivity contribution in [3.63, 3.8) is 0 Å². The molecule has 2 unspecified atom stereocenters. The molecular formula is C9H15BrN4OS. The summed E-state index contributed by atoms with van der Waals surface area (Å²) in [6, 6.07) is 0. The first-order chi connectivity index (χ1) is 7.54. The van der Waals surface area contributed by atoms with Crippen LogP contribution in [-0.4, -0.2) is 39.3 Å². The highest BCUT2D eigenvalue weighted by Crippen LogP contribution is 2.19. The Morgan fingerprint density at radius 1 is 1.62 bits per heavy atom. The van der Waals surface area contributed by atoms with Crippen molar-refractivity contribution in [3.8, 4) is 0 Å². The zero-order valence-electron chi connectivity index (χ0n) is 9.45. The van der Waals surface area contributed by atoms with E-state index in [-0.39, 0.29) is 5.25 Å². The number of anilines is 2. The second-order valence-electron chi connectivity index (χ2n) is 3.33. The molecule has 0 saturated heterocycles. The predicted molar refractivity (Wildman–Crippen MR) is 71.3 cm³/mol. The molecule has 5 nitrogen and oxygen atoms in total. The fourth-order valence-corrected chi connectivity index (χ4v) is 1.62. The molecule has 1 rings (SSSR count). The van der Waals surface area contributed by atoms with Gasteiger partial charge in [-0.2, -0.15) is 4.98 Å². The van der Waals surface area contributed by atoms with Crippen molar-refractivity contribution in [2.24, 2.45) is 0 Å². The quantitative estimate of drug-likeness (QED) is 0.862. The molecule has 0 radical (unpaired) electrons. The van der Waals surface area contributed by atoms with E-state index in [9.17, 15) is 4.21 Å². The minimum Gasteiger partial charge on any atom is -0.368 e. The summed E-state index contributed by atoms with van der Waals surface area (Å²) >= 11 is 3.36. The fraction of sp³-hybridized carbons (Fsp3) is 0.556. The van der Waals surface area contributed by atoms with Gasteiger partial charge in [-0.1, -0.05) is 0 Å². The van der Waals surface area contributed by atoms with E-state index >= 15 is 0 Å². The van der Waals surface area contributed by atoms with Gasteiger partial charge in [-0.05, 0) is 22.9 Å². The zero-order chi connectivity index (χ0) is 12.1. The summed E-state index contributed by atoms with van der Waals surface area (Å²) in [6.45, 7) is 2.54. The van der Waals surface area contributed by atoms with Crippen molar-refractivity contribution in [3.05, 3.63) is 10.7 Å². The SMILES string of the molecule is CNc1ncc(Br)c(NCC(C)S(C)=O)n1. The third-order valence-electron chi connectivity index (χ3n) is 2.09. The molecular weight excluding hydrogens is 292 g/mol. The monoisotopic (exact) mass is 306 g/mol. The summed E-state index contributed by atoms with van der Waals surface area (Å²) < 4.78 is 12.0. The van der Waals surface area contributed by atoms with E-state index in [0.29, 0.717) is 18.3 Å². The predicted octanol–water partition coefficient (Wildman–Crippen LogP) is 1.46. The molecule has 0 spiro atoms.